The number of sulfonamides is 1. The third kappa shape index (κ3) is 3.01. The number of aliphatic carboxylic acids is 1. The number of carbonyl (C=O) groups is 1. The molecule has 0 atom stereocenters. The van der Waals surface area contributed by atoms with Crippen molar-refractivity contribution in [2.24, 2.45) is 0 Å². The average Bonchev–Trinajstić information content (AvgIpc) is 2.92. The van der Waals surface area contributed by atoms with E-state index in [0.717, 1.165) is 44.9 Å². The molecule has 6 heteroatoms. The van der Waals surface area contributed by atoms with Gasteiger partial charge in [0.15, 0.2) is 0 Å². The standard InChI is InChI=1S/C14H25NO4S/c1-15(20(18,19)12-7-3-4-8-12)14(11-13(16)17)9-5-2-6-10-14/h12H,2-11H2,1H3,(H,16,17). The average molecular weight is 303 g/mol. The normalized spacial score (nSPS) is 24.1. The fourth-order valence-electron chi connectivity index (χ4n) is 3.77. The van der Waals surface area contributed by atoms with Gasteiger partial charge in [0.25, 0.3) is 0 Å². The number of hydrogen-bond acceptors (Lipinski definition) is 3. The third-order valence-corrected chi connectivity index (χ3v) is 7.50. The largest absolute Gasteiger partial charge is 0.481 e. The minimum absolute atomic E-state index is 0.0740. The van der Waals surface area contributed by atoms with E-state index in [2.05, 4.69) is 0 Å². The zero-order chi connectivity index (χ0) is 14.8. The van der Waals surface area contributed by atoms with Crippen molar-refractivity contribution in [3.05, 3.63) is 0 Å². The van der Waals surface area contributed by atoms with E-state index in [0.29, 0.717) is 12.8 Å². The molecule has 0 aromatic heterocycles. The Hall–Kier alpha value is -0.620. The molecule has 0 unspecified atom stereocenters. The van der Waals surface area contributed by atoms with Crippen LogP contribution < -0.4 is 0 Å². The van der Waals surface area contributed by atoms with Crippen molar-refractivity contribution in [3.63, 3.8) is 0 Å². The van der Waals surface area contributed by atoms with Gasteiger partial charge in [0.1, 0.15) is 0 Å². The van der Waals surface area contributed by atoms with Crippen LogP contribution in [-0.4, -0.2) is 41.6 Å². The van der Waals surface area contributed by atoms with Crippen LogP contribution in [-0.2, 0) is 14.8 Å². The van der Waals surface area contributed by atoms with E-state index in [9.17, 15) is 18.3 Å². The first-order valence-corrected chi connectivity index (χ1v) is 9.08. The van der Waals surface area contributed by atoms with Gasteiger partial charge in [-0.1, -0.05) is 32.1 Å². The zero-order valence-electron chi connectivity index (χ0n) is 12.2. The van der Waals surface area contributed by atoms with E-state index in [-0.39, 0.29) is 11.7 Å². The van der Waals surface area contributed by atoms with Crippen molar-refractivity contribution in [1.82, 2.24) is 4.31 Å². The molecule has 0 amide bonds. The highest BCUT2D eigenvalue weighted by atomic mass is 32.2. The molecule has 0 radical (unpaired) electrons. The van der Waals surface area contributed by atoms with Gasteiger partial charge in [0.2, 0.25) is 10.0 Å². The quantitative estimate of drug-likeness (QED) is 0.846. The van der Waals surface area contributed by atoms with Gasteiger partial charge in [-0.15, -0.1) is 0 Å². The number of nitrogens with zero attached hydrogens (tertiary/aromatic N) is 1. The van der Waals surface area contributed by atoms with E-state index >= 15 is 0 Å². The Balaban J connectivity index is 2.25. The fraction of sp³-hybridized carbons (Fsp3) is 0.929. The molecule has 2 aliphatic rings. The SMILES string of the molecule is CN(C1(CC(=O)O)CCCCC1)S(=O)(=O)C1CCCC1. The second-order valence-electron chi connectivity index (χ2n) is 6.27. The Morgan fingerprint density at radius 2 is 1.70 bits per heavy atom. The monoisotopic (exact) mass is 303 g/mol. The first-order chi connectivity index (χ1) is 9.38. The summed E-state index contributed by atoms with van der Waals surface area (Å²) < 4.78 is 26.9. The third-order valence-electron chi connectivity index (χ3n) is 5.04. The number of rotatable bonds is 5. The maximum Gasteiger partial charge on any atom is 0.305 e. The van der Waals surface area contributed by atoms with Crippen LogP contribution in [0.25, 0.3) is 0 Å². The summed E-state index contributed by atoms with van der Waals surface area (Å²) in [7, 11) is -1.77. The Kier molecular flexibility index (Phi) is 4.74. The predicted octanol–water partition coefficient (Wildman–Crippen LogP) is 2.37. The molecule has 2 rings (SSSR count). The molecule has 2 aliphatic carbocycles. The highest BCUT2D eigenvalue weighted by molar-refractivity contribution is 7.89. The van der Waals surface area contributed by atoms with Crippen LogP contribution in [0.15, 0.2) is 0 Å². The Morgan fingerprint density at radius 1 is 1.15 bits per heavy atom. The molecule has 0 heterocycles. The van der Waals surface area contributed by atoms with Gasteiger partial charge in [-0.2, -0.15) is 4.31 Å². The summed E-state index contributed by atoms with van der Waals surface area (Å²) in [5.41, 5.74) is -0.703. The van der Waals surface area contributed by atoms with Gasteiger partial charge in [-0.3, -0.25) is 4.79 Å². The zero-order valence-corrected chi connectivity index (χ0v) is 13.0. The first-order valence-electron chi connectivity index (χ1n) is 7.58. The van der Waals surface area contributed by atoms with Gasteiger partial charge < -0.3 is 5.11 Å². The molecule has 20 heavy (non-hydrogen) atoms. The molecule has 0 saturated heterocycles. The molecule has 116 valence electrons. The molecule has 0 aromatic carbocycles. The van der Waals surface area contributed by atoms with Crippen molar-refractivity contribution in [3.8, 4) is 0 Å². The van der Waals surface area contributed by atoms with E-state index in [1.165, 1.54) is 4.31 Å². The smallest absolute Gasteiger partial charge is 0.305 e. The van der Waals surface area contributed by atoms with Gasteiger partial charge in [-0.25, -0.2) is 8.42 Å². The maximum absolute atomic E-state index is 12.8. The molecule has 5 nitrogen and oxygen atoms in total. The lowest BCUT2D eigenvalue weighted by molar-refractivity contribution is -0.140. The fourth-order valence-corrected chi connectivity index (χ4v) is 5.94. The maximum atomic E-state index is 12.8. The highest BCUT2D eigenvalue weighted by Gasteiger charge is 2.46. The van der Waals surface area contributed by atoms with Gasteiger partial charge in [-0.05, 0) is 25.7 Å². The minimum atomic E-state index is -3.37. The van der Waals surface area contributed by atoms with Crippen LogP contribution in [0.5, 0.6) is 0 Å². The summed E-state index contributed by atoms with van der Waals surface area (Å²) in [6.07, 6.45) is 7.52. The van der Waals surface area contributed by atoms with Crippen LogP contribution in [0, 0.1) is 0 Å². The van der Waals surface area contributed by atoms with E-state index in [1.54, 1.807) is 7.05 Å². The van der Waals surface area contributed by atoms with Crippen LogP contribution in [0.4, 0.5) is 0 Å². The molecule has 1 N–H and O–H groups in total. The van der Waals surface area contributed by atoms with Crippen LogP contribution in [0.2, 0.25) is 0 Å². The summed E-state index contributed by atoms with van der Waals surface area (Å²) in [6, 6.07) is 0. The predicted molar refractivity (Wildman–Crippen MR) is 77.0 cm³/mol. The van der Waals surface area contributed by atoms with Crippen LogP contribution >= 0.6 is 0 Å². The molecular weight excluding hydrogens is 278 g/mol. The van der Waals surface area contributed by atoms with E-state index in [1.807, 2.05) is 0 Å². The lowest BCUT2D eigenvalue weighted by Crippen LogP contribution is -2.54. The second kappa shape index (κ2) is 6.02. The number of carboxylic acids is 1. The van der Waals surface area contributed by atoms with Crippen molar-refractivity contribution >= 4 is 16.0 Å². The summed E-state index contributed by atoms with van der Waals surface area (Å²) >= 11 is 0. The molecule has 0 aliphatic heterocycles. The van der Waals surface area contributed by atoms with Crippen molar-refractivity contribution in [2.45, 2.75) is 75.0 Å². The Bertz CT molecular complexity index is 448. The minimum Gasteiger partial charge on any atom is -0.481 e. The van der Waals surface area contributed by atoms with Crippen molar-refractivity contribution < 1.29 is 18.3 Å². The summed E-state index contributed by atoms with van der Waals surface area (Å²) in [4.78, 5) is 11.2. The van der Waals surface area contributed by atoms with Gasteiger partial charge in [0, 0.05) is 12.6 Å². The van der Waals surface area contributed by atoms with Gasteiger partial charge >= 0.3 is 5.97 Å². The second-order valence-corrected chi connectivity index (χ2v) is 8.52. The Labute approximate surface area is 121 Å². The van der Waals surface area contributed by atoms with Gasteiger partial charge in [0.05, 0.1) is 11.7 Å². The molecular formula is C14H25NO4S. The topological polar surface area (TPSA) is 74.7 Å². The van der Waals surface area contributed by atoms with E-state index in [4.69, 9.17) is 0 Å². The molecule has 0 spiro atoms. The summed E-state index contributed by atoms with van der Waals surface area (Å²) in [5, 5.41) is 8.88. The highest BCUT2D eigenvalue weighted by Crippen LogP contribution is 2.39. The van der Waals surface area contributed by atoms with Crippen molar-refractivity contribution in [2.75, 3.05) is 7.05 Å². The van der Waals surface area contributed by atoms with E-state index < -0.39 is 21.5 Å². The lowest BCUT2D eigenvalue weighted by atomic mass is 9.79. The Morgan fingerprint density at radius 3 is 2.20 bits per heavy atom. The van der Waals surface area contributed by atoms with Crippen LogP contribution in [0.1, 0.15) is 64.2 Å². The summed E-state index contributed by atoms with van der Waals surface area (Å²) in [5.74, 6) is -0.902. The molecule has 2 fully saturated rings. The lowest BCUT2D eigenvalue weighted by Gasteiger charge is -2.43. The van der Waals surface area contributed by atoms with Crippen LogP contribution in [0.3, 0.4) is 0 Å². The molecule has 0 bridgehead atoms. The number of carboxylic acid groups (broad SMARTS) is 1. The summed E-state index contributed by atoms with van der Waals surface area (Å²) in [6.45, 7) is 0. The molecule has 0 aromatic rings. The van der Waals surface area contributed by atoms with Crippen molar-refractivity contribution in [1.29, 1.82) is 0 Å². The first kappa shape index (κ1) is 15.8. The molecule has 2 saturated carbocycles. The number of hydrogen-bond donors (Lipinski definition) is 1.